The second-order valence-electron chi connectivity index (χ2n) is 9.67. The van der Waals surface area contributed by atoms with Gasteiger partial charge in [0.1, 0.15) is 5.75 Å². The number of Topliss-reactive ketones (excluding diaryl/α,β-unsaturated/α-hetero) is 1. The van der Waals surface area contributed by atoms with Gasteiger partial charge in [0, 0.05) is 11.6 Å². The quantitative estimate of drug-likeness (QED) is 0.409. The third kappa shape index (κ3) is 2.80. The van der Waals surface area contributed by atoms with Crippen molar-refractivity contribution >= 4 is 23.3 Å². The van der Waals surface area contributed by atoms with Gasteiger partial charge in [-0.2, -0.15) is 0 Å². The van der Waals surface area contributed by atoms with Gasteiger partial charge in [0.2, 0.25) is 11.8 Å². The van der Waals surface area contributed by atoms with Crippen molar-refractivity contribution in [1.82, 2.24) is 0 Å². The van der Waals surface area contributed by atoms with Gasteiger partial charge in [0.15, 0.2) is 12.4 Å². The van der Waals surface area contributed by atoms with E-state index in [1.807, 2.05) is 26.0 Å². The molecule has 5 aliphatic rings. The molecule has 4 aliphatic carbocycles. The van der Waals surface area contributed by atoms with E-state index >= 15 is 0 Å². The molecule has 5 nitrogen and oxygen atoms in total. The topological polar surface area (TPSA) is 63.7 Å². The van der Waals surface area contributed by atoms with Crippen LogP contribution in [0.5, 0.6) is 5.75 Å². The van der Waals surface area contributed by atoms with Gasteiger partial charge in [-0.3, -0.25) is 14.4 Å². The molecule has 162 valence electrons. The van der Waals surface area contributed by atoms with E-state index in [2.05, 4.69) is 12.2 Å². The van der Waals surface area contributed by atoms with E-state index in [0.717, 1.165) is 17.5 Å². The van der Waals surface area contributed by atoms with E-state index in [-0.39, 0.29) is 47.9 Å². The number of benzene rings is 2. The molecule has 1 aliphatic heterocycles. The molecule has 32 heavy (non-hydrogen) atoms. The molecule has 2 amide bonds. The number of aryl methyl sites for hydroxylation is 2. The van der Waals surface area contributed by atoms with Gasteiger partial charge >= 0.3 is 0 Å². The molecule has 2 bridgehead atoms. The average Bonchev–Trinajstić information content (AvgIpc) is 3.57. The molecule has 0 N–H and O–H groups in total. The molecular formula is C27H25NO4. The number of rotatable bonds is 5. The lowest BCUT2D eigenvalue weighted by Gasteiger charge is -2.37. The Morgan fingerprint density at radius 3 is 2.28 bits per heavy atom. The largest absolute Gasteiger partial charge is 0.485 e. The van der Waals surface area contributed by atoms with Crippen LogP contribution in [0.15, 0.2) is 54.6 Å². The summed E-state index contributed by atoms with van der Waals surface area (Å²) < 4.78 is 5.75. The minimum Gasteiger partial charge on any atom is -0.485 e. The van der Waals surface area contributed by atoms with E-state index in [1.54, 1.807) is 30.3 Å². The Kier molecular flexibility index (Phi) is 4.19. The molecule has 1 heterocycles. The highest BCUT2D eigenvalue weighted by atomic mass is 16.5. The van der Waals surface area contributed by atoms with Gasteiger partial charge in [-0.15, -0.1) is 0 Å². The first kappa shape index (κ1) is 19.5. The summed E-state index contributed by atoms with van der Waals surface area (Å²) >= 11 is 0. The molecule has 0 radical (unpaired) electrons. The first-order valence-electron chi connectivity index (χ1n) is 11.3. The monoisotopic (exact) mass is 427 g/mol. The SMILES string of the molecule is Cc1ccc(C(=O)COc2cccc(N3C(=O)[C@@H]4[C@H]5C=C[C@@H]([C@@H]6C[C@@H]56)[C@@H]4C3=O)c2)cc1C. The van der Waals surface area contributed by atoms with E-state index in [1.165, 1.54) is 4.90 Å². The van der Waals surface area contributed by atoms with E-state index in [4.69, 9.17) is 4.74 Å². The maximum atomic E-state index is 13.3. The number of amides is 2. The molecule has 0 spiro atoms. The third-order valence-corrected chi connectivity index (χ3v) is 7.94. The van der Waals surface area contributed by atoms with Gasteiger partial charge in [0.05, 0.1) is 17.5 Å². The van der Waals surface area contributed by atoms with Gasteiger partial charge in [-0.25, -0.2) is 4.90 Å². The number of allylic oxidation sites excluding steroid dienone is 2. The van der Waals surface area contributed by atoms with Crippen molar-refractivity contribution in [3.05, 3.63) is 71.3 Å². The molecule has 0 aromatic heterocycles. The zero-order chi connectivity index (χ0) is 22.1. The number of carbonyl (C=O) groups excluding carboxylic acids is 3. The van der Waals surface area contributed by atoms with Gasteiger partial charge in [-0.05, 0) is 73.3 Å². The summed E-state index contributed by atoms with van der Waals surface area (Å²) in [6, 6.07) is 12.6. The van der Waals surface area contributed by atoms with Crippen LogP contribution in [-0.2, 0) is 9.59 Å². The van der Waals surface area contributed by atoms with Crippen molar-refractivity contribution in [3.63, 3.8) is 0 Å². The number of carbonyl (C=O) groups is 3. The number of imide groups is 1. The summed E-state index contributed by atoms with van der Waals surface area (Å²) in [5.74, 6) is 1.29. The number of nitrogens with zero attached hydrogens (tertiary/aromatic N) is 1. The van der Waals surface area contributed by atoms with Crippen LogP contribution in [0.4, 0.5) is 5.69 Å². The Morgan fingerprint density at radius 1 is 0.938 bits per heavy atom. The Hall–Kier alpha value is -3.21. The second-order valence-corrected chi connectivity index (χ2v) is 9.67. The molecular weight excluding hydrogens is 402 g/mol. The first-order chi connectivity index (χ1) is 15.4. The maximum absolute atomic E-state index is 13.3. The number of ketones is 1. The zero-order valence-electron chi connectivity index (χ0n) is 18.2. The molecule has 2 saturated carbocycles. The minimum absolute atomic E-state index is 0.0898. The number of hydrogen-bond acceptors (Lipinski definition) is 4. The standard InChI is InChI=1S/C27H25NO4/c1-14-6-7-16(10-15(14)2)23(29)13-32-18-5-3-4-17(11-18)28-26(30)24-19-8-9-20(22-12-21(19)22)25(24)27(28)31/h3-11,19-22,24-25H,12-13H2,1-2H3/t19-,20-,21-,22-,24-,25+/m0/s1. The Morgan fingerprint density at radius 2 is 1.62 bits per heavy atom. The second kappa shape index (κ2) is 6.89. The van der Waals surface area contributed by atoms with Crippen LogP contribution in [0.3, 0.4) is 0 Å². The van der Waals surface area contributed by atoms with Crippen LogP contribution in [0.25, 0.3) is 0 Å². The average molecular weight is 428 g/mol. The maximum Gasteiger partial charge on any atom is 0.238 e. The summed E-state index contributed by atoms with van der Waals surface area (Å²) in [6.45, 7) is 3.88. The molecule has 0 unspecified atom stereocenters. The van der Waals surface area contributed by atoms with Gasteiger partial charge in [-0.1, -0.05) is 30.4 Å². The van der Waals surface area contributed by atoms with Crippen LogP contribution >= 0.6 is 0 Å². The van der Waals surface area contributed by atoms with Gasteiger partial charge in [0.25, 0.3) is 0 Å². The van der Waals surface area contributed by atoms with Crippen molar-refractivity contribution in [2.75, 3.05) is 11.5 Å². The van der Waals surface area contributed by atoms with Crippen molar-refractivity contribution in [2.45, 2.75) is 20.3 Å². The fraction of sp³-hybridized carbons (Fsp3) is 0.370. The summed E-state index contributed by atoms with van der Waals surface area (Å²) in [5, 5.41) is 0. The van der Waals surface area contributed by atoms with Crippen molar-refractivity contribution in [1.29, 1.82) is 0 Å². The normalized spacial score (nSPS) is 31.5. The van der Waals surface area contributed by atoms with E-state index < -0.39 is 0 Å². The molecule has 7 rings (SSSR count). The Balaban J connectivity index is 1.20. The summed E-state index contributed by atoms with van der Waals surface area (Å²) in [5.41, 5.74) is 3.33. The lowest BCUT2D eigenvalue weighted by Crippen LogP contribution is -2.40. The first-order valence-corrected chi connectivity index (χ1v) is 11.3. The van der Waals surface area contributed by atoms with Crippen LogP contribution in [0, 0.1) is 49.4 Å². The molecule has 3 fully saturated rings. The number of anilines is 1. The lowest BCUT2D eigenvalue weighted by molar-refractivity contribution is -0.124. The number of hydrogen-bond donors (Lipinski definition) is 0. The smallest absolute Gasteiger partial charge is 0.238 e. The van der Waals surface area contributed by atoms with Crippen LogP contribution < -0.4 is 9.64 Å². The zero-order valence-corrected chi connectivity index (χ0v) is 18.2. The van der Waals surface area contributed by atoms with Crippen LogP contribution in [0.1, 0.15) is 27.9 Å². The summed E-state index contributed by atoms with van der Waals surface area (Å²) in [7, 11) is 0. The highest BCUT2D eigenvalue weighted by molar-refractivity contribution is 6.22. The highest BCUT2D eigenvalue weighted by Gasteiger charge is 2.67. The molecule has 6 atom stereocenters. The van der Waals surface area contributed by atoms with Crippen molar-refractivity contribution in [3.8, 4) is 5.75 Å². The Bertz CT molecular complexity index is 1160. The highest BCUT2D eigenvalue weighted by Crippen LogP contribution is 2.65. The van der Waals surface area contributed by atoms with Gasteiger partial charge < -0.3 is 4.74 Å². The fourth-order valence-electron chi connectivity index (χ4n) is 6.07. The third-order valence-electron chi connectivity index (χ3n) is 7.94. The van der Waals surface area contributed by atoms with Crippen molar-refractivity contribution in [2.24, 2.45) is 35.5 Å². The predicted octanol–water partition coefficient (Wildman–Crippen LogP) is 4.12. The molecule has 5 heteroatoms. The minimum atomic E-state index is -0.225. The van der Waals surface area contributed by atoms with E-state index in [0.29, 0.717) is 28.8 Å². The van der Waals surface area contributed by atoms with Crippen molar-refractivity contribution < 1.29 is 19.1 Å². The predicted molar refractivity (Wildman–Crippen MR) is 119 cm³/mol. The lowest BCUT2D eigenvalue weighted by atomic mass is 9.63. The van der Waals surface area contributed by atoms with Crippen LogP contribution in [0.2, 0.25) is 0 Å². The van der Waals surface area contributed by atoms with E-state index in [9.17, 15) is 14.4 Å². The number of ether oxygens (including phenoxy) is 1. The van der Waals surface area contributed by atoms with Crippen LogP contribution in [-0.4, -0.2) is 24.2 Å². The Labute approximate surface area is 187 Å². The summed E-state index contributed by atoms with van der Waals surface area (Å²) in [4.78, 5) is 40.5. The fourth-order valence-corrected chi connectivity index (χ4v) is 6.07. The molecule has 2 aromatic rings. The molecule has 2 aromatic carbocycles. The summed E-state index contributed by atoms with van der Waals surface area (Å²) in [6.07, 6.45) is 5.49. The molecule has 1 saturated heterocycles.